The molecule has 1 fully saturated rings. The molecule has 0 bridgehead atoms. The minimum Gasteiger partial charge on any atom is -0.474 e. The van der Waals surface area contributed by atoms with Crippen LogP contribution in [0.4, 0.5) is 4.79 Å². The number of aryl methyl sites for hydroxylation is 1. The van der Waals surface area contributed by atoms with Crippen molar-refractivity contribution in [2.45, 2.75) is 58.7 Å². The molecule has 0 aliphatic carbocycles. The van der Waals surface area contributed by atoms with Gasteiger partial charge in [-0.1, -0.05) is 13.0 Å². The Hall–Kier alpha value is -1.78. The van der Waals surface area contributed by atoms with Gasteiger partial charge in [-0.15, -0.1) is 0 Å². The topological polar surface area (TPSA) is 51.7 Å². The lowest BCUT2D eigenvalue weighted by atomic mass is 10.1. The summed E-state index contributed by atoms with van der Waals surface area (Å²) in [6, 6.07) is 3.96. The minimum absolute atomic E-state index is 0.110. The molecule has 5 heteroatoms. The number of aromatic nitrogens is 1. The zero-order chi connectivity index (χ0) is 16.2. The summed E-state index contributed by atoms with van der Waals surface area (Å²) in [4.78, 5) is 18.1. The highest BCUT2D eigenvalue weighted by molar-refractivity contribution is 5.68. The first kappa shape index (κ1) is 16.6. The molecular formula is C17H26N2O3. The number of nitrogens with zero attached hydrogens (tertiary/aromatic N) is 2. The molecule has 1 aliphatic rings. The van der Waals surface area contributed by atoms with Crippen molar-refractivity contribution < 1.29 is 14.3 Å². The van der Waals surface area contributed by atoms with Gasteiger partial charge in [0, 0.05) is 38.2 Å². The molecule has 2 rings (SSSR count). The summed E-state index contributed by atoms with van der Waals surface area (Å²) in [7, 11) is 0. The van der Waals surface area contributed by atoms with E-state index in [0.29, 0.717) is 19.0 Å². The van der Waals surface area contributed by atoms with Crippen LogP contribution in [0.2, 0.25) is 0 Å². The summed E-state index contributed by atoms with van der Waals surface area (Å²) in [5.74, 6) is 0.660. The van der Waals surface area contributed by atoms with Crippen molar-refractivity contribution in [2.75, 3.05) is 13.1 Å². The fourth-order valence-electron chi connectivity index (χ4n) is 2.34. The van der Waals surface area contributed by atoms with Crippen LogP contribution in [-0.4, -0.2) is 40.8 Å². The number of hydrogen-bond acceptors (Lipinski definition) is 4. The minimum atomic E-state index is -0.449. The van der Waals surface area contributed by atoms with Crippen LogP contribution in [0, 0.1) is 0 Å². The monoisotopic (exact) mass is 306 g/mol. The van der Waals surface area contributed by atoms with E-state index in [1.54, 1.807) is 4.90 Å². The van der Waals surface area contributed by atoms with Crippen molar-refractivity contribution >= 4 is 6.09 Å². The van der Waals surface area contributed by atoms with E-state index >= 15 is 0 Å². The summed E-state index contributed by atoms with van der Waals surface area (Å²) < 4.78 is 11.3. The van der Waals surface area contributed by atoms with Gasteiger partial charge in [0.15, 0.2) is 0 Å². The average molecular weight is 306 g/mol. The maximum atomic E-state index is 12.0. The summed E-state index contributed by atoms with van der Waals surface area (Å²) in [5.41, 5.74) is 0.752. The van der Waals surface area contributed by atoms with Gasteiger partial charge in [-0.3, -0.25) is 0 Å². The highest BCUT2D eigenvalue weighted by atomic mass is 16.6. The molecule has 0 N–H and O–H groups in total. The summed E-state index contributed by atoms with van der Waals surface area (Å²) in [5, 5.41) is 0. The molecule has 0 saturated carbocycles. The predicted molar refractivity (Wildman–Crippen MR) is 85.1 cm³/mol. The van der Waals surface area contributed by atoms with Gasteiger partial charge in [-0.05, 0) is 32.8 Å². The molecule has 0 radical (unpaired) electrons. The lowest BCUT2D eigenvalue weighted by molar-refractivity contribution is 0.0123. The molecule has 0 spiro atoms. The number of carbonyl (C=O) groups is 1. The van der Waals surface area contributed by atoms with Crippen LogP contribution in [0.25, 0.3) is 0 Å². The zero-order valence-corrected chi connectivity index (χ0v) is 14.0. The van der Waals surface area contributed by atoms with E-state index in [9.17, 15) is 4.79 Å². The molecule has 22 heavy (non-hydrogen) atoms. The van der Waals surface area contributed by atoms with E-state index in [1.807, 2.05) is 39.1 Å². The molecule has 1 amide bonds. The second kappa shape index (κ2) is 6.99. The van der Waals surface area contributed by atoms with Gasteiger partial charge in [0.05, 0.1) is 0 Å². The van der Waals surface area contributed by atoms with Crippen molar-refractivity contribution in [3.63, 3.8) is 0 Å². The molecule has 5 nitrogen and oxygen atoms in total. The molecule has 0 unspecified atom stereocenters. The zero-order valence-electron chi connectivity index (χ0n) is 14.0. The fourth-order valence-corrected chi connectivity index (χ4v) is 2.34. The van der Waals surface area contributed by atoms with Crippen molar-refractivity contribution in [3.05, 3.63) is 23.9 Å². The number of amides is 1. The molecule has 1 aromatic rings. The second-order valence-corrected chi connectivity index (χ2v) is 6.64. The molecule has 1 aliphatic heterocycles. The summed E-state index contributed by atoms with van der Waals surface area (Å²) in [6.07, 6.45) is 4.30. The van der Waals surface area contributed by atoms with Crippen molar-refractivity contribution in [1.29, 1.82) is 0 Å². The Balaban J connectivity index is 1.80. The Bertz CT molecular complexity index is 486. The maximum Gasteiger partial charge on any atom is 0.410 e. The predicted octanol–water partition coefficient (Wildman–Crippen LogP) is 3.42. The highest BCUT2D eigenvalue weighted by Crippen LogP contribution is 2.19. The standard InChI is InChI=1S/C17H26N2O3/c1-5-13-6-7-15(18-12-13)21-14-8-10-19(11-9-14)16(20)22-17(2,3)4/h6-7,12,14H,5,8-11H2,1-4H3. The van der Waals surface area contributed by atoms with E-state index < -0.39 is 5.60 Å². The Morgan fingerprint density at radius 1 is 1.32 bits per heavy atom. The number of carbonyl (C=O) groups excluding carboxylic acids is 1. The van der Waals surface area contributed by atoms with E-state index in [1.165, 1.54) is 5.56 Å². The third kappa shape index (κ3) is 4.90. The third-order valence-corrected chi connectivity index (χ3v) is 3.59. The highest BCUT2D eigenvalue weighted by Gasteiger charge is 2.27. The number of piperidine rings is 1. The Kier molecular flexibility index (Phi) is 5.27. The van der Waals surface area contributed by atoms with Gasteiger partial charge in [0.25, 0.3) is 0 Å². The van der Waals surface area contributed by atoms with Gasteiger partial charge in [-0.2, -0.15) is 0 Å². The van der Waals surface area contributed by atoms with Crippen molar-refractivity contribution in [2.24, 2.45) is 0 Å². The first-order valence-electron chi connectivity index (χ1n) is 7.97. The van der Waals surface area contributed by atoms with Gasteiger partial charge < -0.3 is 14.4 Å². The number of pyridine rings is 1. The average Bonchev–Trinajstić information content (AvgIpc) is 2.47. The molecule has 1 aromatic heterocycles. The number of hydrogen-bond donors (Lipinski definition) is 0. The van der Waals surface area contributed by atoms with Crippen LogP contribution in [0.15, 0.2) is 18.3 Å². The van der Waals surface area contributed by atoms with Crippen LogP contribution in [-0.2, 0) is 11.2 Å². The molecule has 2 heterocycles. The van der Waals surface area contributed by atoms with Crippen LogP contribution in [0.5, 0.6) is 5.88 Å². The van der Waals surface area contributed by atoms with Crippen LogP contribution >= 0.6 is 0 Å². The van der Waals surface area contributed by atoms with E-state index in [0.717, 1.165) is 19.3 Å². The number of rotatable bonds is 3. The quantitative estimate of drug-likeness (QED) is 0.858. The van der Waals surface area contributed by atoms with Gasteiger partial charge >= 0.3 is 6.09 Å². The van der Waals surface area contributed by atoms with Crippen molar-refractivity contribution in [1.82, 2.24) is 9.88 Å². The van der Waals surface area contributed by atoms with Gasteiger partial charge in [0.2, 0.25) is 5.88 Å². The van der Waals surface area contributed by atoms with Crippen molar-refractivity contribution in [3.8, 4) is 5.88 Å². The lowest BCUT2D eigenvalue weighted by Gasteiger charge is -2.33. The van der Waals surface area contributed by atoms with E-state index in [2.05, 4.69) is 11.9 Å². The number of likely N-dealkylation sites (tertiary alicyclic amines) is 1. The lowest BCUT2D eigenvalue weighted by Crippen LogP contribution is -2.44. The maximum absolute atomic E-state index is 12.0. The SMILES string of the molecule is CCc1ccc(OC2CCN(C(=O)OC(C)(C)C)CC2)nc1. The molecular weight excluding hydrogens is 280 g/mol. The first-order valence-corrected chi connectivity index (χ1v) is 7.97. The largest absolute Gasteiger partial charge is 0.474 e. The Morgan fingerprint density at radius 3 is 2.50 bits per heavy atom. The third-order valence-electron chi connectivity index (χ3n) is 3.59. The Labute approximate surface area is 132 Å². The molecule has 0 aromatic carbocycles. The normalized spacial score (nSPS) is 16.5. The second-order valence-electron chi connectivity index (χ2n) is 6.64. The smallest absolute Gasteiger partial charge is 0.410 e. The van der Waals surface area contributed by atoms with Gasteiger partial charge in [0.1, 0.15) is 11.7 Å². The van der Waals surface area contributed by atoms with Crippen LogP contribution in [0.1, 0.15) is 46.1 Å². The van der Waals surface area contributed by atoms with E-state index in [-0.39, 0.29) is 12.2 Å². The van der Waals surface area contributed by atoms with Gasteiger partial charge in [-0.25, -0.2) is 9.78 Å². The van der Waals surface area contributed by atoms with Crippen LogP contribution < -0.4 is 4.74 Å². The first-order chi connectivity index (χ1) is 10.4. The summed E-state index contributed by atoms with van der Waals surface area (Å²) in [6.45, 7) is 9.06. The number of ether oxygens (including phenoxy) is 2. The fraction of sp³-hybridized carbons (Fsp3) is 0.647. The molecule has 0 atom stereocenters. The molecule has 1 saturated heterocycles. The van der Waals surface area contributed by atoms with E-state index in [4.69, 9.17) is 9.47 Å². The molecule has 122 valence electrons. The van der Waals surface area contributed by atoms with Crippen LogP contribution in [0.3, 0.4) is 0 Å². The Morgan fingerprint density at radius 2 is 2.00 bits per heavy atom. The summed E-state index contributed by atoms with van der Waals surface area (Å²) >= 11 is 0.